The van der Waals surface area contributed by atoms with Gasteiger partial charge in [-0.15, -0.1) is 11.3 Å². The quantitative estimate of drug-likeness (QED) is 0.774. The Balaban J connectivity index is 1.62. The number of rotatable bonds is 4. The Morgan fingerprint density at radius 1 is 1.22 bits per heavy atom. The van der Waals surface area contributed by atoms with Crippen molar-refractivity contribution in [3.05, 3.63) is 34.4 Å². The average Bonchev–Trinajstić information content (AvgIpc) is 3.15. The van der Waals surface area contributed by atoms with Crippen molar-refractivity contribution in [2.45, 2.75) is 37.2 Å². The van der Waals surface area contributed by atoms with Crippen molar-refractivity contribution < 1.29 is 13.2 Å². The van der Waals surface area contributed by atoms with E-state index in [0.717, 1.165) is 30.0 Å². The number of morpholine rings is 1. The summed E-state index contributed by atoms with van der Waals surface area (Å²) in [6, 6.07) is 3.37. The Labute approximate surface area is 164 Å². The fourth-order valence-electron chi connectivity index (χ4n) is 3.58. The van der Waals surface area contributed by atoms with Crippen LogP contribution < -0.4 is 4.90 Å². The Hall–Kier alpha value is -1.55. The molecule has 2 fully saturated rings. The maximum Gasteiger partial charge on any atom is 0.246 e. The van der Waals surface area contributed by atoms with Crippen LogP contribution >= 0.6 is 11.3 Å². The van der Waals surface area contributed by atoms with Crippen LogP contribution in [0.1, 0.15) is 36.1 Å². The molecule has 0 spiro atoms. The van der Waals surface area contributed by atoms with E-state index in [9.17, 15) is 8.42 Å². The molecule has 1 unspecified atom stereocenters. The number of anilines is 1. The normalized spacial score (nSPS) is 22.1. The lowest BCUT2D eigenvalue weighted by Crippen LogP contribution is -2.41. The smallest absolute Gasteiger partial charge is 0.246 e. The third-order valence-corrected chi connectivity index (χ3v) is 7.94. The monoisotopic (exact) mass is 408 g/mol. The minimum absolute atomic E-state index is 0.162. The SMILES string of the molecule is Cc1csc(C2CN(c3ncccc3S(=O)(=O)N3CCCCC3)CCO2)n1. The zero-order chi connectivity index (χ0) is 18.9. The summed E-state index contributed by atoms with van der Waals surface area (Å²) in [6.07, 6.45) is 4.41. The van der Waals surface area contributed by atoms with Crippen molar-refractivity contribution in [2.24, 2.45) is 0 Å². The van der Waals surface area contributed by atoms with Gasteiger partial charge in [0.2, 0.25) is 10.0 Å². The van der Waals surface area contributed by atoms with E-state index in [1.54, 1.807) is 34.0 Å². The molecular formula is C18H24N4O3S2. The predicted octanol–water partition coefficient (Wildman–Crippen LogP) is 2.60. The summed E-state index contributed by atoms with van der Waals surface area (Å²) >= 11 is 1.58. The fraction of sp³-hybridized carbons (Fsp3) is 0.556. The number of sulfonamides is 1. The van der Waals surface area contributed by atoms with E-state index in [1.165, 1.54) is 0 Å². The molecule has 2 saturated heterocycles. The van der Waals surface area contributed by atoms with Gasteiger partial charge in [-0.05, 0) is 31.9 Å². The molecule has 0 aliphatic carbocycles. The van der Waals surface area contributed by atoms with Gasteiger partial charge in [-0.1, -0.05) is 6.42 Å². The van der Waals surface area contributed by atoms with Gasteiger partial charge in [0.15, 0.2) is 0 Å². The van der Waals surface area contributed by atoms with Crippen LogP contribution in [0, 0.1) is 6.92 Å². The molecule has 0 radical (unpaired) electrons. The molecule has 7 nitrogen and oxygen atoms in total. The summed E-state index contributed by atoms with van der Waals surface area (Å²) in [6.45, 7) is 4.81. The third-order valence-electron chi connectivity index (χ3n) is 4.96. The molecule has 0 aromatic carbocycles. The molecule has 2 aromatic rings. The van der Waals surface area contributed by atoms with Gasteiger partial charge < -0.3 is 9.64 Å². The van der Waals surface area contributed by atoms with Gasteiger partial charge in [-0.3, -0.25) is 0 Å². The second kappa shape index (κ2) is 7.83. The Morgan fingerprint density at radius 2 is 2.04 bits per heavy atom. The molecule has 2 aromatic heterocycles. The number of hydrogen-bond donors (Lipinski definition) is 0. The Bertz CT molecular complexity index is 894. The molecule has 9 heteroatoms. The first kappa shape index (κ1) is 18.8. The van der Waals surface area contributed by atoms with E-state index in [4.69, 9.17) is 4.74 Å². The van der Waals surface area contributed by atoms with E-state index < -0.39 is 10.0 Å². The molecule has 0 amide bonds. The molecule has 2 aliphatic rings. The Morgan fingerprint density at radius 3 is 2.78 bits per heavy atom. The number of hydrogen-bond acceptors (Lipinski definition) is 7. The number of ether oxygens (including phenoxy) is 1. The van der Waals surface area contributed by atoms with E-state index in [1.807, 2.05) is 17.2 Å². The Kier molecular flexibility index (Phi) is 5.45. The van der Waals surface area contributed by atoms with Crippen LogP contribution in [0.2, 0.25) is 0 Å². The number of piperidine rings is 1. The minimum atomic E-state index is -3.54. The molecule has 146 valence electrons. The van der Waals surface area contributed by atoms with Crippen LogP contribution in [0.3, 0.4) is 0 Å². The van der Waals surface area contributed by atoms with Crippen LogP contribution in [-0.2, 0) is 14.8 Å². The highest BCUT2D eigenvalue weighted by molar-refractivity contribution is 7.89. The van der Waals surface area contributed by atoms with Gasteiger partial charge in [0.05, 0.1) is 13.2 Å². The standard InChI is InChI=1S/C18H24N4O3S2/c1-14-13-26-18(20-14)15-12-21(10-11-25-15)17-16(6-5-7-19-17)27(23,24)22-8-3-2-4-9-22/h5-7,13,15H,2-4,8-12H2,1H3. The van der Waals surface area contributed by atoms with Crippen molar-refractivity contribution >= 4 is 27.2 Å². The van der Waals surface area contributed by atoms with Gasteiger partial charge >= 0.3 is 0 Å². The fourth-order valence-corrected chi connectivity index (χ4v) is 6.09. The zero-order valence-electron chi connectivity index (χ0n) is 15.4. The van der Waals surface area contributed by atoms with Crippen LogP contribution in [0.15, 0.2) is 28.6 Å². The molecule has 0 bridgehead atoms. The second-order valence-electron chi connectivity index (χ2n) is 6.92. The zero-order valence-corrected chi connectivity index (χ0v) is 17.0. The van der Waals surface area contributed by atoms with Gasteiger partial charge in [-0.2, -0.15) is 4.31 Å². The lowest BCUT2D eigenvalue weighted by Gasteiger charge is -2.34. The lowest BCUT2D eigenvalue weighted by atomic mass is 10.2. The molecule has 4 heterocycles. The average molecular weight is 409 g/mol. The van der Waals surface area contributed by atoms with Crippen molar-refractivity contribution in [1.82, 2.24) is 14.3 Å². The molecule has 0 saturated carbocycles. The summed E-state index contributed by atoms with van der Waals surface area (Å²) in [5.41, 5.74) is 0.974. The number of pyridine rings is 1. The summed E-state index contributed by atoms with van der Waals surface area (Å²) in [7, 11) is -3.54. The van der Waals surface area contributed by atoms with Crippen LogP contribution in [-0.4, -0.2) is 55.5 Å². The molecular weight excluding hydrogens is 384 g/mol. The van der Waals surface area contributed by atoms with E-state index in [0.29, 0.717) is 43.5 Å². The molecule has 1 atom stereocenters. The second-order valence-corrected chi connectivity index (χ2v) is 9.72. The molecule has 2 aliphatic heterocycles. The van der Waals surface area contributed by atoms with Crippen LogP contribution in [0.4, 0.5) is 5.82 Å². The maximum atomic E-state index is 13.2. The van der Waals surface area contributed by atoms with Gasteiger partial charge in [-0.25, -0.2) is 18.4 Å². The summed E-state index contributed by atoms with van der Waals surface area (Å²) in [5, 5.41) is 2.93. The van der Waals surface area contributed by atoms with E-state index >= 15 is 0 Å². The largest absolute Gasteiger partial charge is 0.367 e. The van der Waals surface area contributed by atoms with Gasteiger partial charge in [0.25, 0.3) is 0 Å². The highest BCUT2D eigenvalue weighted by Gasteiger charge is 2.33. The first-order chi connectivity index (χ1) is 13.1. The van der Waals surface area contributed by atoms with E-state index in [-0.39, 0.29) is 6.10 Å². The highest BCUT2D eigenvalue weighted by Crippen LogP contribution is 2.32. The molecule has 0 N–H and O–H groups in total. The highest BCUT2D eigenvalue weighted by atomic mass is 32.2. The van der Waals surface area contributed by atoms with Gasteiger partial charge in [0, 0.05) is 36.9 Å². The molecule has 27 heavy (non-hydrogen) atoms. The lowest BCUT2D eigenvalue weighted by molar-refractivity contribution is 0.0391. The number of thiazole rings is 1. The molecule has 4 rings (SSSR count). The number of aromatic nitrogens is 2. The van der Waals surface area contributed by atoms with Crippen molar-refractivity contribution in [1.29, 1.82) is 0 Å². The number of aryl methyl sites for hydroxylation is 1. The maximum absolute atomic E-state index is 13.2. The summed E-state index contributed by atoms with van der Waals surface area (Å²) in [4.78, 5) is 11.3. The third kappa shape index (κ3) is 3.87. The first-order valence-corrected chi connectivity index (χ1v) is 11.6. The van der Waals surface area contributed by atoms with Crippen molar-refractivity contribution in [2.75, 3.05) is 37.7 Å². The van der Waals surface area contributed by atoms with Crippen molar-refractivity contribution in [3.8, 4) is 0 Å². The van der Waals surface area contributed by atoms with E-state index in [2.05, 4.69) is 9.97 Å². The van der Waals surface area contributed by atoms with Crippen LogP contribution in [0.5, 0.6) is 0 Å². The minimum Gasteiger partial charge on any atom is -0.367 e. The number of nitrogens with zero attached hydrogens (tertiary/aromatic N) is 4. The van der Waals surface area contributed by atoms with Gasteiger partial charge in [0.1, 0.15) is 21.8 Å². The predicted molar refractivity (Wildman–Crippen MR) is 105 cm³/mol. The topological polar surface area (TPSA) is 75.6 Å². The van der Waals surface area contributed by atoms with Crippen molar-refractivity contribution in [3.63, 3.8) is 0 Å². The first-order valence-electron chi connectivity index (χ1n) is 9.29. The summed E-state index contributed by atoms with van der Waals surface area (Å²) in [5.74, 6) is 0.518. The van der Waals surface area contributed by atoms with Crippen LogP contribution in [0.25, 0.3) is 0 Å². The summed E-state index contributed by atoms with van der Waals surface area (Å²) < 4.78 is 33.9.